The van der Waals surface area contributed by atoms with E-state index < -0.39 is 46.0 Å². The molecule has 0 saturated carbocycles. The normalized spacial score (nSPS) is 10.8. The average Bonchev–Trinajstić information content (AvgIpc) is 2.67. The van der Waals surface area contributed by atoms with Gasteiger partial charge in [-0.05, 0) is 48.5 Å². The molecule has 0 saturated heterocycles. The summed E-state index contributed by atoms with van der Waals surface area (Å²) >= 11 is 11.3. The molecule has 0 heterocycles. The van der Waals surface area contributed by atoms with Crippen molar-refractivity contribution in [3.05, 3.63) is 104 Å². The minimum Gasteiger partial charge on any atom is -0.288 e. The molecule has 0 aliphatic carbocycles. The van der Waals surface area contributed by atoms with Crippen LogP contribution in [0.15, 0.2) is 48.5 Å². The molecule has 0 aromatic heterocycles. The van der Waals surface area contributed by atoms with Crippen LogP contribution in [-0.4, -0.2) is 11.6 Å². The van der Waals surface area contributed by atoms with E-state index in [2.05, 4.69) is 0 Å². The number of ketones is 2. The zero-order chi connectivity index (χ0) is 20.6. The Morgan fingerprint density at radius 3 is 1.04 bits per heavy atom. The number of hydrogen-bond acceptors (Lipinski definition) is 2. The van der Waals surface area contributed by atoms with Gasteiger partial charge in [0.05, 0.1) is 0 Å². The fraction of sp³-hybridized carbons (Fsp3) is 0. The number of carbonyl (C=O) groups excluding carboxylic acids is 2. The highest BCUT2D eigenvalue weighted by Crippen LogP contribution is 2.28. The Labute approximate surface area is 166 Å². The van der Waals surface area contributed by atoms with E-state index in [1.165, 1.54) is 24.3 Å². The lowest BCUT2D eigenvalue weighted by Gasteiger charge is -2.11. The van der Waals surface area contributed by atoms with Gasteiger partial charge in [0.15, 0.2) is 34.8 Å². The second-order valence-corrected chi connectivity index (χ2v) is 6.55. The number of benzene rings is 3. The summed E-state index contributed by atoms with van der Waals surface area (Å²) < 4.78 is 57.8. The summed E-state index contributed by atoms with van der Waals surface area (Å²) in [4.78, 5) is 24.7. The van der Waals surface area contributed by atoms with E-state index in [0.29, 0.717) is 0 Å². The fourth-order valence-electron chi connectivity index (χ4n) is 2.52. The van der Waals surface area contributed by atoms with Crippen molar-refractivity contribution in [2.24, 2.45) is 0 Å². The topological polar surface area (TPSA) is 34.1 Å². The molecule has 3 rings (SSSR count). The third kappa shape index (κ3) is 3.53. The summed E-state index contributed by atoms with van der Waals surface area (Å²) in [5, 5.41) is 0.498. The zero-order valence-corrected chi connectivity index (χ0v) is 15.2. The number of halogens is 6. The summed E-state index contributed by atoms with van der Waals surface area (Å²) in [6.45, 7) is 0. The predicted octanol–water partition coefficient (Wildman–Crippen LogP) is 6.01. The van der Waals surface area contributed by atoms with Crippen LogP contribution in [0.1, 0.15) is 31.8 Å². The van der Waals surface area contributed by atoms with Gasteiger partial charge in [-0.2, -0.15) is 0 Å². The van der Waals surface area contributed by atoms with Crippen LogP contribution >= 0.6 is 23.2 Å². The van der Waals surface area contributed by atoms with Crippen molar-refractivity contribution in [1.29, 1.82) is 0 Å². The average molecular weight is 427 g/mol. The molecule has 142 valence electrons. The SMILES string of the molecule is O=C(c1ccc(Cl)cc1)c1c(F)c(F)c(C(=O)c2ccc(Cl)cc2)c(F)c1F. The molecule has 0 aliphatic rings. The molecule has 0 bridgehead atoms. The van der Waals surface area contributed by atoms with E-state index in [9.17, 15) is 27.2 Å². The lowest BCUT2D eigenvalue weighted by atomic mass is 9.96. The van der Waals surface area contributed by atoms with Crippen LogP contribution < -0.4 is 0 Å². The lowest BCUT2D eigenvalue weighted by molar-refractivity contribution is 0.101. The Kier molecular flexibility index (Phi) is 5.54. The van der Waals surface area contributed by atoms with Gasteiger partial charge >= 0.3 is 0 Å². The van der Waals surface area contributed by atoms with Crippen molar-refractivity contribution < 1.29 is 27.2 Å². The summed E-state index contributed by atoms with van der Waals surface area (Å²) in [5.41, 5.74) is -3.36. The van der Waals surface area contributed by atoms with Crippen molar-refractivity contribution in [2.45, 2.75) is 0 Å². The number of hydrogen-bond donors (Lipinski definition) is 0. The van der Waals surface area contributed by atoms with E-state index in [0.717, 1.165) is 24.3 Å². The molecule has 0 fully saturated rings. The van der Waals surface area contributed by atoms with Crippen LogP contribution in [0.3, 0.4) is 0 Å². The molecule has 8 heteroatoms. The van der Waals surface area contributed by atoms with Crippen molar-refractivity contribution in [2.75, 3.05) is 0 Å². The number of rotatable bonds is 4. The van der Waals surface area contributed by atoms with Crippen LogP contribution in [0.2, 0.25) is 10.0 Å². The summed E-state index contributed by atoms with van der Waals surface area (Å²) in [6.07, 6.45) is 0. The molecule has 3 aromatic rings. The van der Waals surface area contributed by atoms with Crippen LogP contribution in [0.5, 0.6) is 0 Å². The van der Waals surface area contributed by atoms with Crippen molar-refractivity contribution >= 4 is 34.8 Å². The van der Waals surface area contributed by atoms with E-state index >= 15 is 0 Å². The third-order valence-electron chi connectivity index (χ3n) is 3.93. The Bertz CT molecular complexity index is 977. The molecule has 0 N–H and O–H groups in total. The molecule has 0 radical (unpaired) electrons. The van der Waals surface area contributed by atoms with Gasteiger partial charge in [0.1, 0.15) is 11.1 Å². The molecule has 0 unspecified atom stereocenters. The second kappa shape index (κ2) is 7.73. The van der Waals surface area contributed by atoms with E-state index in [1.54, 1.807) is 0 Å². The van der Waals surface area contributed by atoms with Crippen LogP contribution in [-0.2, 0) is 0 Å². The standard InChI is InChI=1S/C20H8Cl2F4O2/c21-11-5-1-9(2-6-11)19(27)13-15(23)17(25)14(18(26)16(13)24)20(28)10-3-7-12(22)8-4-10/h1-8H. The van der Waals surface area contributed by atoms with E-state index in [-0.39, 0.29) is 21.2 Å². The van der Waals surface area contributed by atoms with Crippen LogP contribution in [0, 0.1) is 23.3 Å². The number of carbonyl (C=O) groups is 2. The minimum atomic E-state index is -1.96. The first-order valence-corrected chi connectivity index (χ1v) is 8.44. The predicted molar refractivity (Wildman–Crippen MR) is 96.0 cm³/mol. The van der Waals surface area contributed by atoms with Crippen molar-refractivity contribution in [3.63, 3.8) is 0 Å². The van der Waals surface area contributed by atoms with Crippen molar-refractivity contribution in [1.82, 2.24) is 0 Å². The molecule has 0 spiro atoms. The van der Waals surface area contributed by atoms with Crippen LogP contribution in [0.25, 0.3) is 0 Å². The first kappa shape index (κ1) is 20.0. The second-order valence-electron chi connectivity index (χ2n) is 5.68. The van der Waals surface area contributed by atoms with Gasteiger partial charge in [0.25, 0.3) is 0 Å². The summed E-state index contributed by atoms with van der Waals surface area (Å²) in [5.74, 6) is -10.4. The first-order valence-electron chi connectivity index (χ1n) is 7.68. The maximum absolute atomic E-state index is 14.5. The Balaban J connectivity index is 2.14. The van der Waals surface area contributed by atoms with Gasteiger partial charge in [0, 0.05) is 21.2 Å². The Hall–Kier alpha value is -2.70. The van der Waals surface area contributed by atoms with E-state index in [1.807, 2.05) is 0 Å². The van der Waals surface area contributed by atoms with Crippen LogP contribution in [0.4, 0.5) is 17.6 Å². The summed E-state index contributed by atoms with van der Waals surface area (Å²) in [6, 6.07) is 9.67. The van der Waals surface area contributed by atoms with Gasteiger partial charge in [-0.3, -0.25) is 9.59 Å². The van der Waals surface area contributed by atoms with Gasteiger partial charge in [-0.15, -0.1) is 0 Å². The van der Waals surface area contributed by atoms with Gasteiger partial charge < -0.3 is 0 Å². The summed E-state index contributed by atoms with van der Waals surface area (Å²) in [7, 11) is 0. The molecule has 28 heavy (non-hydrogen) atoms. The highest BCUT2D eigenvalue weighted by atomic mass is 35.5. The maximum Gasteiger partial charge on any atom is 0.199 e. The third-order valence-corrected chi connectivity index (χ3v) is 4.43. The molecule has 2 nitrogen and oxygen atoms in total. The molecule has 0 aliphatic heterocycles. The van der Waals surface area contributed by atoms with Gasteiger partial charge in [-0.25, -0.2) is 17.6 Å². The van der Waals surface area contributed by atoms with Gasteiger partial charge in [0.2, 0.25) is 0 Å². The highest BCUT2D eigenvalue weighted by molar-refractivity contribution is 6.31. The molecule has 0 atom stereocenters. The molecule has 0 amide bonds. The lowest BCUT2D eigenvalue weighted by Crippen LogP contribution is -2.17. The molecule has 3 aromatic carbocycles. The fourth-order valence-corrected chi connectivity index (χ4v) is 2.77. The Morgan fingerprint density at radius 1 is 0.536 bits per heavy atom. The minimum absolute atomic E-state index is 0.238. The maximum atomic E-state index is 14.5. The first-order chi connectivity index (χ1) is 13.2. The highest BCUT2D eigenvalue weighted by Gasteiger charge is 2.33. The largest absolute Gasteiger partial charge is 0.288 e. The molecular formula is C20H8Cl2F4O2. The molecular weight excluding hydrogens is 419 g/mol. The van der Waals surface area contributed by atoms with Crippen molar-refractivity contribution in [3.8, 4) is 0 Å². The Morgan fingerprint density at radius 2 is 0.786 bits per heavy atom. The quantitative estimate of drug-likeness (QED) is 0.290. The zero-order valence-electron chi connectivity index (χ0n) is 13.7. The smallest absolute Gasteiger partial charge is 0.199 e. The van der Waals surface area contributed by atoms with E-state index in [4.69, 9.17) is 23.2 Å². The van der Waals surface area contributed by atoms with Gasteiger partial charge in [-0.1, -0.05) is 23.2 Å². The monoisotopic (exact) mass is 426 g/mol.